The van der Waals surface area contributed by atoms with E-state index in [1.54, 1.807) is 6.92 Å². The fourth-order valence-electron chi connectivity index (χ4n) is 1.32. The van der Waals surface area contributed by atoms with Gasteiger partial charge in [0.2, 0.25) is 5.75 Å². The summed E-state index contributed by atoms with van der Waals surface area (Å²) in [5, 5.41) is 10.6. The van der Waals surface area contributed by atoms with Gasteiger partial charge in [-0.05, 0) is 25.0 Å². The molecule has 0 unspecified atom stereocenters. The van der Waals surface area contributed by atoms with Crippen LogP contribution in [0, 0.1) is 24.0 Å². The number of alkyl halides is 3. The lowest BCUT2D eigenvalue weighted by molar-refractivity contribution is -0.388. The number of nitro benzene ring substituents is 1. The van der Waals surface area contributed by atoms with E-state index in [1.165, 1.54) is 13.0 Å². The van der Waals surface area contributed by atoms with Crippen LogP contribution in [0.25, 0.3) is 0 Å². The zero-order valence-corrected chi connectivity index (χ0v) is 8.46. The van der Waals surface area contributed by atoms with Crippen molar-refractivity contribution < 1.29 is 22.8 Å². The molecule has 4 nitrogen and oxygen atoms in total. The summed E-state index contributed by atoms with van der Waals surface area (Å²) >= 11 is 0. The molecular weight excluding hydrogens is 227 g/mol. The van der Waals surface area contributed by atoms with Crippen molar-refractivity contribution in [1.29, 1.82) is 0 Å². The molecule has 0 aliphatic rings. The third kappa shape index (κ3) is 2.85. The van der Waals surface area contributed by atoms with Gasteiger partial charge in [-0.15, -0.1) is 13.2 Å². The van der Waals surface area contributed by atoms with Crippen molar-refractivity contribution >= 4 is 5.69 Å². The third-order valence-electron chi connectivity index (χ3n) is 1.81. The fourth-order valence-corrected chi connectivity index (χ4v) is 1.32. The largest absolute Gasteiger partial charge is 0.573 e. The Bertz CT molecular complexity index is 429. The minimum Gasteiger partial charge on any atom is -0.398 e. The van der Waals surface area contributed by atoms with E-state index in [0.29, 0.717) is 5.56 Å². The first-order valence-electron chi connectivity index (χ1n) is 4.22. The number of nitrogens with zero attached hydrogens (tertiary/aromatic N) is 1. The molecule has 1 aromatic rings. The maximum absolute atomic E-state index is 12.0. The number of hydrogen-bond acceptors (Lipinski definition) is 3. The van der Waals surface area contributed by atoms with E-state index in [9.17, 15) is 23.3 Å². The van der Waals surface area contributed by atoms with Crippen molar-refractivity contribution in [2.24, 2.45) is 0 Å². The maximum atomic E-state index is 12.0. The number of halogens is 3. The topological polar surface area (TPSA) is 52.4 Å². The van der Waals surface area contributed by atoms with Crippen LogP contribution in [0.4, 0.5) is 18.9 Å². The number of aryl methyl sites for hydroxylation is 2. The summed E-state index contributed by atoms with van der Waals surface area (Å²) in [5.41, 5.74) is -0.113. The predicted molar refractivity (Wildman–Crippen MR) is 49.3 cm³/mol. The molecule has 0 fully saturated rings. The number of nitro groups is 1. The van der Waals surface area contributed by atoms with Gasteiger partial charge in [-0.3, -0.25) is 10.1 Å². The zero-order chi connectivity index (χ0) is 12.5. The summed E-state index contributed by atoms with van der Waals surface area (Å²) < 4.78 is 39.7. The molecule has 0 bridgehead atoms. The normalized spacial score (nSPS) is 11.3. The van der Waals surface area contributed by atoms with Crippen molar-refractivity contribution in [3.8, 4) is 5.75 Å². The second-order valence-corrected chi connectivity index (χ2v) is 3.23. The highest BCUT2D eigenvalue weighted by atomic mass is 19.4. The van der Waals surface area contributed by atoms with Crippen LogP contribution in [-0.2, 0) is 0 Å². The second-order valence-electron chi connectivity index (χ2n) is 3.23. The monoisotopic (exact) mass is 235 g/mol. The van der Waals surface area contributed by atoms with E-state index in [2.05, 4.69) is 4.74 Å². The highest BCUT2D eigenvalue weighted by Crippen LogP contribution is 2.35. The van der Waals surface area contributed by atoms with E-state index in [4.69, 9.17) is 0 Å². The Kier molecular flexibility index (Phi) is 3.06. The molecular formula is C9H8F3NO3. The van der Waals surface area contributed by atoms with Crippen LogP contribution in [0.5, 0.6) is 5.75 Å². The van der Waals surface area contributed by atoms with Gasteiger partial charge in [-0.25, -0.2) is 0 Å². The number of benzene rings is 1. The van der Waals surface area contributed by atoms with Gasteiger partial charge in [0.05, 0.1) is 4.92 Å². The molecule has 7 heteroatoms. The Morgan fingerprint density at radius 3 is 2.31 bits per heavy atom. The molecule has 1 rings (SSSR count). The molecule has 0 N–H and O–H groups in total. The van der Waals surface area contributed by atoms with Crippen molar-refractivity contribution in [2.75, 3.05) is 0 Å². The first-order chi connectivity index (χ1) is 7.20. The number of ether oxygens (including phenoxy) is 1. The van der Waals surface area contributed by atoms with Gasteiger partial charge in [0.1, 0.15) is 0 Å². The van der Waals surface area contributed by atoms with Crippen LogP contribution in [0.15, 0.2) is 12.1 Å². The van der Waals surface area contributed by atoms with Crippen LogP contribution in [0.2, 0.25) is 0 Å². The van der Waals surface area contributed by atoms with E-state index in [1.807, 2.05) is 0 Å². The van der Waals surface area contributed by atoms with Crippen LogP contribution >= 0.6 is 0 Å². The van der Waals surface area contributed by atoms with Gasteiger partial charge in [0.15, 0.2) is 0 Å². The molecule has 0 aliphatic carbocycles. The highest BCUT2D eigenvalue weighted by Gasteiger charge is 2.35. The summed E-state index contributed by atoms with van der Waals surface area (Å²) in [4.78, 5) is 9.67. The van der Waals surface area contributed by atoms with E-state index >= 15 is 0 Å². The molecule has 0 radical (unpaired) electrons. The smallest absolute Gasteiger partial charge is 0.398 e. The minimum absolute atomic E-state index is 0.0732. The lowest BCUT2D eigenvalue weighted by Crippen LogP contribution is -2.18. The van der Waals surface area contributed by atoms with Crippen molar-refractivity contribution in [1.82, 2.24) is 0 Å². The lowest BCUT2D eigenvalue weighted by Gasteiger charge is -2.11. The van der Waals surface area contributed by atoms with Crippen LogP contribution in [0.1, 0.15) is 11.1 Å². The maximum Gasteiger partial charge on any atom is 0.573 e. The van der Waals surface area contributed by atoms with Gasteiger partial charge >= 0.3 is 12.0 Å². The number of rotatable bonds is 2. The molecule has 0 aliphatic heterocycles. The Morgan fingerprint density at radius 2 is 1.88 bits per heavy atom. The fraction of sp³-hybridized carbons (Fsp3) is 0.333. The zero-order valence-electron chi connectivity index (χ0n) is 8.46. The number of hydrogen-bond donors (Lipinski definition) is 0. The molecule has 0 atom stereocenters. The van der Waals surface area contributed by atoms with Gasteiger partial charge in [0, 0.05) is 6.07 Å². The second kappa shape index (κ2) is 3.99. The first-order valence-corrected chi connectivity index (χ1v) is 4.22. The van der Waals surface area contributed by atoms with Crippen LogP contribution in [-0.4, -0.2) is 11.3 Å². The van der Waals surface area contributed by atoms with Crippen molar-refractivity contribution in [2.45, 2.75) is 20.2 Å². The van der Waals surface area contributed by atoms with Crippen molar-refractivity contribution in [3.63, 3.8) is 0 Å². The molecule has 0 spiro atoms. The van der Waals surface area contributed by atoms with E-state index in [0.717, 1.165) is 6.07 Å². The molecule has 0 heterocycles. The summed E-state index contributed by atoms with van der Waals surface area (Å²) in [7, 11) is 0. The van der Waals surface area contributed by atoms with Gasteiger partial charge in [-0.2, -0.15) is 0 Å². The van der Waals surface area contributed by atoms with Gasteiger partial charge in [0.25, 0.3) is 0 Å². The third-order valence-corrected chi connectivity index (χ3v) is 1.81. The highest BCUT2D eigenvalue weighted by molar-refractivity contribution is 5.53. The Hall–Kier alpha value is -1.79. The molecule has 16 heavy (non-hydrogen) atoms. The average Bonchev–Trinajstić information content (AvgIpc) is 2.07. The van der Waals surface area contributed by atoms with Crippen molar-refractivity contribution in [3.05, 3.63) is 33.4 Å². The van der Waals surface area contributed by atoms with Gasteiger partial charge < -0.3 is 4.74 Å². The average molecular weight is 235 g/mol. The minimum atomic E-state index is -4.94. The SMILES string of the molecule is Cc1cc(C)c(OC(F)(F)F)c([N+](=O)[O-])c1. The van der Waals surface area contributed by atoms with Crippen LogP contribution < -0.4 is 4.74 Å². The molecule has 0 amide bonds. The molecule has 0 saturated carbocycles. The first kappa shape index (κ1) is 12.3. The van der Waals surface area contributed by atoms with Crippen LogP contribution in [0.3, 0.4) is 0 Å². The molecule has 1 aromatic carbocycles. The summed E-state index contributed by atoms with van der Waals surface area (Å²) in [5.74, 6) is -0.761. The summed E-state index contributed by atoms with van der Waals surface area (Å²) in [6, 6.07) is 2.42. The van der Waals surface area contributed by atoms with E-state index < -0.39 is 22.7 Å². The quantitative estimate of drug-likeness (QED) is 0.584. The Labute approximate surface area is 88.8 Å². The summed E-state index contributed by atoms with van der Waals surface area (Å²) in [6.07, 6.45) is -4.94. The lowest BCUT2D eigenvalue weighted by atomic mass is 10.1. The molecule has 88 valence electrons. The Morgan fingerprint density at radius 1 is 1.31 bits per heavy atom. The standard InChI is InChI=1S/C9H8F3NO3/c1-5-3-6(2)8(16-9(10,11)12)7(4-5)13(14)15/h3-4H,1-2H3. The predicted octanol–water partition coefficient (Wildman–Crippen LogP) is 3.11. The Balaban J connectivity index is 3.30. The van der Waals surface area contributed by atoms with E-state index in [-0.39, 0.29) is 5.56 Å². The van der Waals surface area contributed by atoms with Gasteiger partial charge in [-0.1, -0.05) is 6.07 Å². The molecule has 0 aromatic heterocycles. The molecule has 0 saturated heterocycles. The summed E-state index contributed by atoms with van der Waals surface area (Å²) in [6.45, 7) is 2.87.